The van der Waals surface area contributed by atoms with Gasteiger partial charge in [-0.2, -0.15) is 4.31 Å². The van der Waals surface area contributed by atoms with Crippen molar-refractivity contribution in [1.82, 2.24) is 30.2 Å². The third-order valence-electron chi connectivity index (χ3n) is 8.29. The fourth-order valence-electron chi connectivity index (χ4n) is 5.26. The second-order valence-electron chi connectivity index (χ2n) is 13.7. The number of phosphoric acid groups is 3. The van der Waals surface area contributed by atoms with Crippen LogP contribution in [0.3, 0.4) is 0 Å². The van der Waals surface area contributed by atoms with Crippen LogP contribution < -0.4 is 16.4 Å². The van der Waals surface area contributed by atoms with Crippen LogP contribution in [0.25, 0.3) is 11.2 Å². The number of fused-ring (bicyclic) bond motifs is 1. The maximum atomic E-state index is 12.7. The van der Waals surface area contributed by atoms with Gasteiger partial charge in [0, 0.05) is 37.1 Å². The van der Waals surface area contributed by atoms with Crippen LogP contribution in [0.4, 0.5) is 5.82 Å². The van der Waals surface area contributed by atoms with E-state index >= 15 is 0 Å². The summed E-state index contributed by atoms with van der Waals surface area (Å²) in [7, 11) is -16.4. The Kier molecular flexibility index (Phi) is 18.6. The molecule has 1 aliphatic rings. The zero-order valence-corrected chi connectivity index (χ0v) is 35.3. The Morgan fingerprint density at radius 1 is 1.05 bits per heavy atom. The number of allylic oxidation sites excluding steroid dienone is 1. The minimum absolute atomic E-state index is 0.0304. The largest absolute Gasteiger partial charge is 0.481 e. The van der Waals surface area contributed by atoms with Crippen LogP contribution in [0.15, 0.2) is 24.8 Å². The third-order valence-corrected chi connectivity index (χ3v) is 12.3. The first-order chi connectivity index (χ1) is 26.9. The van der Waals surface area contributed by atoms with E-state index in [1.165, 1.54) is 13.8 Å². The van der Waals surface area contributed by atoms with Crippen LogP contribution in [0, 0.1) is 5.41 Å². The number of unbranched alkanes of at least 4 members (excludes halogenated alkanes) is 2. The Balaban J connectivity index is 1.45. The standard InChI is InChI=1S/C30H50N7O17P3S/c1-5-6-7-8-18(2)13-21(39)58-12-11-32-20(38)9-10-33-28(42)25(41)30(3,4)15-51-57(48,49)54-56(46,47)50-14-19-24(53-55(43,44)45)23(40)29(52-19)37-17-36-22-26(31)34-16-35-27(22)37/h16-17,19,23-25,29,40-41H,2,5-15H2,1,3-4H3,(H,32,38)(H,33,42)(H,46,47)(H,48,49)(H2,31,34,35)(H2,43,44,45)/t19-,23-,24-,25?,29-/m1/s1. The number of nitrogens with one attached hydrogen (secondary N) is 2. The fraction of sp³-hybridized carbons (Fsp3) is 0.667. The molecule has 0 bridgehead atoms. The van der Waals surface area contributed by atoms with Crippen LogP contribution in [0.2, 0.25) is 0 Å². The number of nitrogens with zero attached hydrogens (tertiary/aromatic N) is 4. The number of amides is 2. The third kappa shape index (κ3) is 15.7. The molecule has 0 aromatic carbocycles. The number of thioether (sulfide) groups is 1. The van der Waals surface area contributed by atoms with E-state index in [1.54, 1.807) is 0 Å². The van der Waals surface area contributed by atoms with Gasteiger partial charge in [0.25, 0.3) is 0 Å². The molecule has 0 spiro atoms. The van der Waals surface area contributed by atoms with E-state index in [2.05, 4.69) is 47.9 Å². The molecule has 3 unspecified atom stereocenters. The molecule has 24 nitrogen and oxygen atoms in total. The van der Waals surface area contributed by atoms with Gasteiger partial charge in [-0.15, -0.1) is 0 Å². The lowest BCUT2D eigenvalue weighted by atomic mass is 9.87. The van der Waals surface area contributed by atoms with Crippen molar-refractivity contribution in [3.05, 3.63) is 24.8 Å². The molecule has 2 aromatic heterocycles. The van der Waals surface area contributed by atoms with Gasteiger partial charge in [0.2, 0.25) is 11.8 Å². The summed E-state index contributed by atoms with van der Waals surface area (Å²) in [5.74, 6) is -1.11. The number of hydrogen-bond acceptors (Lipinski definition) is 18. The van der Waals surface area contributed by atoms with E-state index < -0.39 is 84.6 Å². The fourth-order valence-corrected chi connectivity index (χ4v) is 8.83. The number of hydrogen-bond donors (Lipinski definition) is 9. The van der Waals surface area contributed by atoms with Crippen molar-refractivity contribution in [2.45, 2.75) is 89.9 Å². The van der Waals surface area contributed by atoms with Crippen molar-refractivity contribution in [3.8, 4) is 0 Å². The van der Waals surface area contributed by atoms with Gasteiger partial charge in [0.1, 0.15) is 36.3 Å². The van der Waals surface area contributed by atoms with Gasteiger partial charge < -0.3 is 50.9 Å². The zero-order valence-electron chi connectivity index (χ0n) is 31.8. The van der Waals surface area contributed by atoms with Crippen molar-refractivity contribution in [1.29, 1.82) is 0 Å². The van der Waals surface area contributed by atoms with Crippen LogP contribution in [-0.4, -0.2) is 123 Å². The first kappa shape index (κ1) is 49.7. The highest BCUT2D eigenvalue weighted by atomic mass is 32.2. The lowest BCUT2D eigenvalue weighted by Crippen LogP contribution is -2.46. The lowest BCUT2D eigenvalue weighted by molar-refractivity contribution is -0.137. The lowest BCUT2D eigenvalue weighted by Gasteiger charge is -2.30. The highest BCUT2D eigenvalue weighted by Crippen LogP contribution is 2.61. The second-order valence-corrected chi connectivity index (χ2v) is 19.1. The summed E-state index contributed by atoms with van der Waals surface area (Å²) in [5.41, 5.74) is 5.13. The van der Waals surface area contributed by atoms with Crippen LogP contribution in [0.5, 0.6) is 0 Å². The Morgan fingerprint density at radius 3 is 2.41 bits per heavy atom. The Hall–Kier alpha value is -2.70. The molecule has 0 saturated carbocycles. The number of rotatable bonds is 25. The van der Waals surface area contributed by atoms with Gasteiger partial charge >= 0.3 is 23.5 Å². The van der Waals surface area contributed by atoms with E-state index in [0.29, 0.717) is 5.75 Å². The molecule has 3 rings (SSSR count). The number of aliphatic hydroxyl groups is 2. The summed E-state index contributed by atoms with van der Waals surface area (Å²) in [6.07, 6.45) is -2.74. The van der Waals surface area contributed by atoms with Crippen molar-refractivity contribution in [3.63, 3.8) is 0 Å². The van der Waals surface area contributed by atoms with Crippen LogP contribution >= 0.6 is 35.2 Å². The molecule has 1 saturated heterocycles. The van der Waals surface area contributed by atoms with E-state index in [4.69, 9.17) is 19.5 Å². The molecule has 58 heavy (non-hydrogen) atoms. The molecule has 2 aromatic rings. The Bertz CT molecular complexity index is 1900. The molecule has 7 atom stereocenters. The quantitative estimate of drug-likeness (QED) is 0.0384. The molecular weight excluding hydrogens is 855 g/mol. The number of aliphatic hydroxyl groups excluding tert-OH is 2. The number of aromatic nitrogens is 4. The van der Waals surface area contributed by atoms with Gasteiger partial charge in [-0.25, -0.2) is 28.6 Å². The number of carbonyl (C=O) groups is 3. The summed E-state index contributed by atoms with van der Waals surface area (Å²) in [6.45, 7) is 6.50. The highest BCUT2D eigenvalue weighted by Gasteiger charge is 2.50. The first-order valence-electron chi connectivity index (χ1n) is 17.7. The summed E-state index contributed by atoms with van der Waals surface area (Å²) >= 11 is 1.08. The minimum atomic E-state index is -5.57. The highest BCUT2D eigenvalue weighted by molar-refractivity contribution is 8.13. The van der Waals surface area contributed by atoms with E-state index in [-0.39, 0.29) is 48.0 Å². The number of nitrogen functional groups attached to an aromatic ring is 1. The molecule has 0 radical (unpaired) electrons. The summed E-state index contributed by atoms with van der Waals surface area (Å²) < 4.78 is 62.2. The molecule has 1 fully saturated rings. The molecule has 10 N–H and O–H groups in total. The molecular formula is C30H50N7O17P3S. The van der Waals surface area contributed by atoms with Gasteiger partial charge in [0.15, 0.2) is 22.8 Å². The predicted octanol–water partition coefficient (Wildman–Crippen LogP) is 1.19. The van der Waals surface area contributed by atoms with Crippen molar-refractivity contribution in [2.75, 3.05) is 37.8 Å². The zero-order chi connectivity index (χ0) is 43.5. The van der Waals surface area contributed by atoms with E-state index in [0.717, 1.165) is 60.2 Å². The maximum Gasteiger partial charge on any atom is 0.481 e. The molecule has 2 amide bonds. The predicted molar refractivity (Wildman–Crippen MR) is 205 cm³/mol. The number of carbonyl (C=O) groups excluding carboxylic acids is 3. The first-order valence-corrected chi connectivity index (χ1v) is 23.2. The Labute approximate surface area is 337 Å². The average molecular weight is 906 g/mol. The summed E-state index contributed by atoms with van der Waals surface area (Å²) in [6, 6.07) is 0. The smallest absolute Gasteiger partial charge is 0.386 e. The van der Waals surface area contributed by atoms with Crippen LogP contribution in [-0.2, 0) is 50.7 Å². The van der Waals surface area contributed by atoms with Gasteiger partial charge in [0.05, 0.1) is 19.5 Å². The minimum Gasteiger partial charge on any atom is -0.386 e. The van der Waals surface area contributed by atoms with Gasteiger partial charge in [-0.1, -0.05) is 57.5 Å². The van der Waals surface area contributed by atoms with E-state index in [9.17, 15) is 57.9 Å². The van der Waals surface area contributed by atoms with Crippen molar-refractivity contribution < 1.29 is 80.5 Å². The average Bonchev–Trinajstić information content (AvgIpc) is 3.68. The SMILES string of the molecule is C=C(CCCCC)CC(=O)SCCNC(=O)CCNC(=O)C(O)C(C)(C)COP(=O)(O)OP(=O)(O)OC[C@H]1O[C@@H](n2cnc3c(N)ncnc32)[C@H](O)[C@@H]1OP(=O)(O)O. The molecule has 28 heteroatoms. The molecule has 3 heterocycles. The number of nitrogens with two attached hydrogens (primary N) is 1. The van der Waals surface area contributed by atoms with Crippen molar-refractivity contribution >= 4 is 69.1 Å². The molecule has 0 aliphatic carbocycles. The summed E-state index contributed by atoms with van der Waals surface area (Å²) in [5, 5.41) is 26.4. The topological polar surface area (TPSA) is 364 Å². The van der Waals surface area contributed by atoms with Crippen LogP contribution in [0.1, 0.15) is 65.5 Å². The number of phosphoric ester groups is 3. The van der Waals surface area contributed by atoms with Gasteiger partial charge in [-0.3, -0.25) is 32.5 Å². The molecule has 1 aliphatic heterocycles. The molecule has 328 valence electrons. The number of imidazole rings is 1. The number of ether oxygens (including phenoxy) is 1. The maximum absolute atomic E-state index is 12.7. The van der Waals surface area contributed by atoms with Crippen molar-refractivity contribution in [2.24, 2.45) is 5.41 Å². The van der Waals surface area contributed by atoms with E-state index in [1.807, 2.05) is 0 Å². The Morgan fingerprint density at radius 2 is 1.74 bits per heavy atom. The van der Waals surface area contributed by atoms with Gasteiger partial charge in [-0.05, 0) is 12.8 Å². The second kappa shape index (κ2) is 21.7. The normalized spacial score (nSPS) is 21.3. The number of anilines is 1. The monoisotopic (exact) mass is 905 g/mol. The summed E-state index contributed by atoms with van der Waals surface area (Å²) in [4.78, 5) is 87.8.